The molecular formula is C29H30N2O5. The van der Waals surface area contributed by atoms with E-state index in [0.717, 1.165) is 24.8 Å². The number of amides is 1. The first kappa shape index (κ1) is 26.3. The van der Waals surface area contributed by atoms with Crippen LogP contribution in [0.3, 0.4) is 0 Å². The van der Waals surface area contributed by atoms with Gasteiger partial charge in [-0.05, 0) is 49.6 Å². The fourth-order valence-corrected chi connectivity index (χ4v) is 3.83. The Labute approximate surface area is 211 Å². The normalized spacial score (nSPS) is 11.0. The topological polar surface area (TPSA) is 102 Å². The average molecular weight is 487 g/mol. The number of carbonyl (C=O) groups is 2. The zero-order valence-electron chi connectivity index (χ0n) is 21.0. The fraction of sp³-hybridized carbons (Fsp3) is 0.276. The summed E-state index contributed by atoms with van der Waals surface area (Å²) >= 11 is 0. The van der Waals surface area contributed by atoms with Gasteiger partial charge in [0.05, 0.1) is 19.3 Å². The minimum absolute atomic E-state index is 0.00649. The molecule has 0 fully saturated rings. The van der Waals surface area contributed by atoms with Crippen LogP contribution < -0.4 is 14.8 Å². The Balaban J connectivity index is 1.96. The summed E-state index contributed by atoms with van der Waals surface area (Å²) in [5.41, 5.74) is 1.91. The lowest BCUT2D eigenvalue weighted by Gasteiger charge is -2.12. The van der Waals surface area contributed by atoms with Crippen molar-refractivity contribution in [2.24, 2.45) is 0 Å². The van der Waals surface area contributed by atoms with Crippen LogP contribution in [0, 0.1) is 18.3 Å². The van der Waals surface area contributed by atoms with E-state index in [1.165, 1.54) is 6.92 Å². The summed E-state index contributed by atoms with van der Waals surface area (Å²) in [6.45, 7) is 5.67. The van der Waals surface area contributed by atoms with Gasteiger partial charge >= 0.3 is 0 Å². The molecule has 0 radical (unpaired) electrons. The smallest absolute Gasteiger partial charge is 0.258 e. The number of unbranched alkanes of at least 4 members (excludes halogenated alkanes) is 2. The summed E-state index contributed by atoms with van der Waals surface area (Å²) in [6.07, 6.45) is 4.89. The van der Waals surface area contributed by atoms with Gasteiger partial charge in [0.1, 0.15) is 17.4 Å². The van der Waals surface area contributed by atoms with Crippen molar-refractivity contribution >= 4 is 29.2 Å². The van der Waals surface area contributed by atoms with Gasteiger partial charge in [0.15, 0.2) is 17.3 Å². The van der Waals surface area contributed by atoms with E-state index in [4.69, 9.17) is 13.9 Å². The summed E-state index contributed by atoms with van der Waals surface area (Å²) in [5, 5.41) is 12.3. The number of ether oxygens (including phenoxy) is 2. The lowest BCUT2D eigenvalue weighted by Crippen LogP contribution is -2.14. The highest BCUT2D eigenvalue weighted by atomic mass is 16.5. The van der Waals surface area contributed by atoms with Crippen LogP contribution in [0.15, 0.2) is 52.9 Å². The molecule has 3 aromatic rings. The lowest BCUT2D eigenvalue weighted by molar-refractivity contribution is -0.111. The number of rotatable bonds is 11. The van der Waals surface area contributed by atoms with Crippen molar-refractivity contribution in [1.29, 1.82) is 5.26 Å². The van der Waals surface area contributed by atoms with E-state index in [-0.39, 0.29) is 28.6 Å². The molecule has 0 unspecified atom stereocenters. The number of nitriles is 1. The second kappa shape index (κ2) is 12.4. The third kappa shape index (κ3) is 6.22. The summed E-state index contributed by atoms with van der Waals surface area (Å²) in [4.78, 5) is 25.4. The van der Waals surface area contributed by atoms with Crippen molar-refractivity contribution in [2.45, 2.75) is 40.0 Å². The predicted octanol–water partition coefficient (Wildman–Crippen LogP) is 6.42. The molecule has 0 spiro atoms. The van der Waals surface area contributed by atoms with E-state index >= 15 is 0 Å². The minimum atomic E-state index is -0.486. The van der Waals surface area contributed by atoms with Crippen LogP contribution in [-0.4, -0.2) is 25.4 Å². The van der Waals surface area contributed by atoms with Gasteiger partial charge in [-0.2, -0.15) is 5.26 Å². The van der Waals surface area contributed by atoms with Gasteiger partial charge in [0.25, 0.3) is 5.91 Å². The molecule has 1 heterocycles. The first-order chi connectivity index (χ1) is 17.4. The van der Waals surface area contributed by atoms with Gasteiger partial charge in [0, 0.05) is 5.57 Å². The van der Waals surface area contributed by atoms with Crippen LogP contribution in [0.5, 0.6) is 11.5 Å². The van der Waals surface area contributed by atoms with Crippen molar-refractivity contribution in [1.82, 2.24) is 0 Å². The Morgan fingerprint density at radius 1 is 1.11 bits per heavy atom. The molecule has 0 aliphatic rings. The maximum Gasteiger partial charge on any atom is 0.258 e. The Morgan fingerprint density at radius 3 is 2.50 bits per heavy atom. The largest absolute Gasteiger partial charge is 0.493 e. The van der Waals surface area contributed by atoms with Crippen molar-refractivity contribution in [3.63, 3.8) is 0 Å². The zero-order chi connectivity index (χ0) is 26.1. The van der Waals surface area contributed by atoms with E-state index in [1.807, 2.05) is 48.5 Å². The highest BCUT2D eigenvalue weighted by Gasteiger charge is 2.24. The van der Waals surface area contributed by atoms with Gasteiger partial charge in [-0.15, -0.1) is 0 Å². The fourth-order valence-electron chi connectivity index (χ4n) is 3.83. The third-order valence-corrected chi connectivity index (χ3v) is 5.61. The van der Waals surface area contributed by atoms with E-state index in [9.17, 15) is 14.9 Å². The number of hydrogen-bond donors (Lipinski definition) is 1. The second-order valence-corrected chi connectivity index (χ2v) is 8.25. The molecule has 7 nitrogen and oxygen atoms in total. The quantitative estimate of drug-likeness (QED) is 0.145. The first-order valence-corrected chi connectivity index (χ1v) is 11.8. The van der Waals surface area contributed by atoms with Crippen LogP contribution in [0.1, 0.15) is 65.9 Å². The number of aryl methyl sites for hydroxylation is 1. The van der Waals surface area contributed by atoms with Crippen LogP contribution in [0.4, 0.5) is 5.88 Å². The molecule has 1 N–H and O–H groups in total. The molecule has 0 aliphatic carbocycles. The summed E-state index contributed by atoms with van der Waals surface area (Å²) in [5.74, 6) is 0.626. The standard InChI is InChI=1S/C29H30N2O5/c1-5-6-10-15-35-25-14-13-21(17-26(25)34-4)16-23(22-11-8-7-9-12-22)28(33)31-29-24(18-30)27(19(2)32)20(3)36-29/h7-9,11-14,16-17H,5-6,10,15H2,1-4H3,(H,31,33)/b23-16+. The maximum atomic E-state index is 13.4. The van der Waals surface area contributed by atoms with Crippen molar-refractivity contribution in [3.05, 3.63) is 76.5 Å². The van der Waals surface area contributed by atoms with Gasteiger partial charge in [-0.1, -0.05) is 56.2 Å². The summed E-state index contributed by atoms with van der Waals surface area (Å²) in [6, 6.07) is 16.6. The highest BCUT2D eigenvalue weighted by Crippen LogP contribution is 2.32. The molecule has 186 valence electrons. The Hall–Kier alpha value is -4.31. The van der Waals surface area contributed by atoms with Gasteiger partial charge < -0.3 is 13.9 Å². The molecule has 1 amide bonds. The van der Waals surface area contributed by atoms with Crippen LogP contribution in [0.25, 0.3) is 11.6 Å². The molecule has 0 saturated carbocycles. The van der Waals surface area contributed by atoms with E-state index in [1.54, 1.807) is 26.2 Å². The molecule has 0 bridgehead atoms. The molecule has 0 atom stereocenters. The molecule has 0 aliphatic heterocycles. The van der Waals surface area contributed by atoms with Gasteiger partial charge in [-0.3, -0.25) is 14.9 Å². The highest BCUT2D eigenvalue weighted by molar-refractivity contribution is 6.29. The number of nitrogens with one attached hydrogen (secondary N) is 1. The average Bonchev–Trinajstić information content (AvgIpc) is 3.20. The van der Waals surface area contributed by atoms with Crippen LogP contribution >= 0.6 is 0 Å². The van der Waals surface area contributed by atoms with Gasteiger partial charge in [0.2, 0.25) is 5.88 Å². The van der Waals surface area contributed by atoms with Crippen molar-refractivity contribution in [3.8, 4) is 17.6 Å². The minimum Gasteiger partial charge on any atom is -0.493 e. The number of nitrogens with zero attached hydrogens (tertiary/aromatic N) is 1. The molecule has 3 rings (SSSR count). The Kier molecular flexibility index (Phi) is 9.07. The summed E-state index contributed by atoms with van der Waals surface area (Å²) in [7, 11) is 1.57. The zero-order valence-corrected chi connectivity index (χ0v) is 21.0. The number of ketones is 1. The maximum absolute atomic E-state index is 13.4. The SMILES string of the molecule is CCCCCOc1ccc(/C=C(/C(=O)Nc2oc(C)c(C(C)=O)c2C#N)c2ccccc2)cc1OC. The monoisotopic (exact) mass is 486 g/mol. The van der Waals surface area contributed by atoms with Crippen molar-refractivity contribution in [2.75, 3.05) is 19.0 Å². The predicted molar refractivity (Wildman–Crippen MR) is 139 cm³/mol. The number of carbonyl (C=O) groups excluding carboxylic acids is 2. The number of furan rings is 1. The molecular weight excluding hydrogens is 456 g/mol. The van der Waals surface area contributed by atoms with Crippen LogP contribution in [-0.2, 0) is 4.79 Å². The number of benzene rings is 2. The second-order valence-electron chi connectivity index (χ2n) is 8.25. The lowest BCUT2D eigenvalue weighted by atomic mass is 10.0. The first-order valence-electron chi connectivity index (χ1n) is 11.8. The Morgan fingerprint density at radius 2 is 1.86 bits per heavy atom. The van der Waals surface area contributed by atoms with E-state index < -0.39 is 5.91 Å². The van der Waals surface area contributed by atoms with E-state index in [0.29, 0.717) is 29.2 Å². The molecule has 1 aromatic heterocycles. The number of anilines is 1. The molecule has 2 aromatic carbocycles. The van der Waals surface area contributed by atoms with Crippen molar-refractivity contribution < 1.29 is 23.5 Å². The number of Topliss-reactive ketones (excluding diaryl/α,β-unsaturated/α-hetero) is 1. The third-order valence-electron chi connectivity index (χ3n) is 5.61. The summed E-state index contributed by atoms with van der Waals surface area (Å²) < 4.78 is 17.0. The van der Waals surface area contributed by atoms with Crippen LogP contribution in [0.2, 0.25) is 0 Å². The molecule has 0 saturated heterocycles. The number of hydrogen-bond acceptors (Lipinski definition) is 6. The molecule has 7 heteroatoms. The molecule has 36 heavy (non-hydrogen) atoms. The van der Waals surface area contributed by atoms with Gasteiger partial charge in [-0.25, -0.2) is 0 Å². The number of methoxy groups -OCH3 is 1. The Bertz CT molecular complexity index is 1300. The van der Waals surface area contributed by atoms with E-state index in [2.05, 4.69) is 12.2 Å².